The molecule has 0 unspecified atom stereocenters. The van der Waals surface area contributed by atoms with Crippen LogP contribution < -0.4 is 5.32 Å². The van der Waals surface area contributed by atoms with Crippen molar-refractivity contribution in [3.8, 4) is 0 Å². The Hall–Kier alpha value is -1.68. The summed E-state index contributed by atoms with van der Waals surface area (Å²) < 4.78 is 9.96. The van der Waals surface area contributed by atoms with Crippen molar-refractivity contribution in [1.29, 1.82) is 0 Å². The van der Waals surface area contributed by atoms with Crippen LogP contribution in [0.2, 0.25) is 5.22 Å². The van der Waals surface area contributed by atoms with Crippen molar-refractivity contribution in [2.75, 3.05) is 6.54 Å². The number of hydrogen-bond acceptors (Lipinski definition) is 3. The SMILES string of the molecule is O=C(NCCc1ccco1)c1ccoc1Cl. The third-order valence-electron chi connectivity index (χ3n) is 2.10. The lowest BCUT2D eigenvalue weighted by Crippen LogP contribution is -2.25. The average molecular weight is 240 g/mol. The molecule has 1 amide bonds. The van der Waals surface area contributed by atoms with Crippen LogP contribution in [0.25, 0.3) is 0 Å². The van der Waals surface area contributed by atoms with Gasteiger partial charge in [0.25, 0.3) is 5.91 Å². The smallest absolute Gasteiger partial charge is 0.256 e. The van der Waals surface area contributed by atoms with Crippen LogP contribution in [-0.4, -0.2) is 12.5 Å². The van der Waals surface area contributed by atoms with E-state index in [9.17, 15) is 4.79 Å². The van der Waals surface area contributed by atoms with Crippen molar-refractivity contribution in [3.05, 3.63) is 47.3 Å². The number of carbonyl (C=O) groups is 1. The van der Waals surface area contributed by atoms with Crippen molar-refractivity contribution in [2.24, 2.45) is 0 Å². The first kappa shape index (κ1) is 10.8. The monoisotopic (exact) mass is 239 g/mol. The fourth-order valence-electron chi connectivity index (χ4n) is 1.31. The third kappa shape index (κ3) is 2.46. The molecule has 0 radical (unpaired) electrons. The molecule has 0 fully saturated rings. The van der Waals surface area contributed by atoms with Crippen molar-refractivity contribution < 1.29 is 13.6 Å². The van der Waals surface area contributed by atoms with E-state index >= 15 is 0 Å². The Labute approximate surface area is 97.2 Å². The summed E-state index contributed by atoms with van der Waals surface area (Å²) in [5.41, 5.74) is 0.348. The van der Waals surface area contributed by atoms with Crippen LogP contribution in [0.4, 0.5) is 0 Å². The fourth-order valence-corrected chi connectivity index (χ4v) is 1.51. The Morgan fingerprint density at radius 1 is 1.31 bits per heavy atom. The molecule has 2 heterocycles. The Morgan fingerprint density at radius 2 is 2.19 bits per heavy atom. The average Bonchev–Trinajstić information content (AvgIpc) is 2.88. The molecule has 0 aliphatic rings. The van der Waals surface area contributed by atoms with E-state index in [4.69, 9.17) is 20.4 Å². The van der Waals surface area contributed by atoms with Gasteiger partial charge in [0.1, 0.15) is 5.76 Å². The second-order valence-electron chi connectivity index (χ2n) is 3.19. The maximum Gasteiger partial charge on any atom is 0.256 e. The van der Waals surface area contributed by atoms with Crippen LogP contribution in [0.3, 0.4) is 0 Å². The molecule has 0 saturated carbocycles. The van der Waals surface area contributed by atoms with Crippen LogP contribution in [0.1, 0.15) is 16.1 Å². The zero-order chi connectivity index (χ0) is 11.4. The standard InChI is InChI=1S/C11H10ClNO3/c12-10-9(4-7-16-10)11(14)13-5-3-8-2-1-6-15-8/h1-2,4,6-7H,3,5H2,(H,13,14). The summed E-state index contributed by atoms with van der Waals surface area (Å²) in [6.07, 6.45) is 3.63. The van der Waals surface area contributed by atoms with E-state index < -0.39 is 0 Å². The first-order valence-electron chi connectivity index (χ1n) is 4.81. The molecule has 5 heteroatoms. The first-order valence-corrected chi connectivity index (χ1v) is 5.19. The molecule has 0 saturated heterocycles. The van der Waals surface area contributed by atoms with Gasteiger partial charge in [-0.1, -0.05) is 0 Å². The summed E-state index contributed by atoms with van der Waals surface area (Å²) in [5, 5.41) is 2.83. The van der Waals surface area contributed by atoms with Gasteiger partial charge in [-0.2, -0.15) is 0 Å². The maximum absolute atomic E-state index is 11.6. The van der Waals surface area contributed by atoms with Crippen molar-refractivity contribution in [2.45, 2.75) is 6.42 Å². The maximum atomic E-state index is 11.6. The molecule has 0 bridgehead atoms. The minimum Gasteiger partial charge on any atom is -0.469 e. The molecule has 16 heavy (non-hydrogen) atoms. The van der Waals surface area contributed by atoms with E-state index in [2.05, 4.69) is 5.32 Å². The first-order chi connectivity index (χ1) is 7.77. The van der Waals surface area contributed by atoms with Crippen molar-refractivity contribution in [1.82, 2.24) is 5.32 Å². The molecular formula is C11H10ClNO3. The molecule has 2 aromatic heterocycles. The topological polar surface area (TPSA) is 55.4 Å². The Balaban J connectivity index is 1.83. The highest BCUT2D eigenvalue weighted by Gasteiger charge is 2.12. The Morgan fingerprint density at radius 3 is 2.81 bits per heavy atom. The number of rotatable bonds is 4. The van der Waals surface area contributed by atoms with E-state index in [1.165, 1.54) is 12.3 Å². The van der Waals surface area contributed by atoms with Crippen LogP contribution in [-0.2, 0) is 6.42 Å². The van der Waals surface area contributed by atoms with Crippen LogP contribution >= 0.6 is 11.6 Å². The number of carbonyl (C=O) groups excluding carboxylic acids is 1. The van der Waals surface area contributed by atoms with E-state index in [0.29, 0.717) is 18.5 Å². The number of hydrogen-bond donors (Lipinski definition) is 1. The summed E-state index contributed by atoms with van der Waals surface area (Å²) in [6.45, 7) is 0.494. The quantitative estimate of drug-likeness (QED) is 0.892. The van der Waals surface area contributed by atoms with Gasteiger partial charge in [0.05, 0.1) is 18.1 Å². The zero-order valence-corrected chi connectivity index (χ0v) is 9.16. The molecule has 2 rings (SSSR count). The van der Waals surface area contributed by atoms with Crippen LogP contribution in [0, 0.1) is 0 Å². The van der Waals surface area contributed by atoms with Gasteiger partial charge in [0.2, 0.25) is 5.22 Å². The molecule has 0 spiro atoms. The van der Waals surface area contributed by atoms with Gasteiger partial charge < -0.3 is 14.2 Å². The van der Waals surface area contributed by atoms with Crippen molar-refractivity contribution >= 4 is 17.5 Å². The minimum atomic E-state index is -0.245. The van der Waals surface area contributed by atoms with Gasteiger partial charge in [-0.25, -0.2) is 0 Å². The second kappa shape index (κ2) is 4.90. The highest BCUT2D eigenvalue weighted by Crippen LogP contribution is 2.16. The highest BCUT2D eigenvalue weighted by molar-refractivity contribution is 6.32. The normalized spacial score (nSPS) is 10.3. The summed E-state index contributed by atoms with van der Waals surface area (Å²) in [5.74, 6) is 0.587. The lowest BCUT2D eigenvalue weighted by Gasteiger charge is -2.01. The van der Waals surface area contributed by atoms with E-state index in [1.54, 1.807) is 6.26 Å². The molecule has 0 aliphatic heterocycles. The molecule has 2 aromatic rings. The summed E-state index contributed by atoms with van der Waals surface area (Å²) in [4.78, 5) is 11.6. The Bertz CT molecular complexity index is 461. The molecule has 0 atom stereocenters. The fraction of sp³-hybridized carbons (Fsp3) is 0.182. The lowest BCUT2D eigenvalue weighted by atomic mass is 10.3. The largest absolute Gasteiger partial charge is 0.469 e. The van der Waals surface area contributed by atoms with Gasteiger partial charge in [-0.05, 0) is 29.8 Å². The predicted molar refractivity (Wildman–Crippen MR) is 58.5 cm³/mol. The van der Waals surface area contributed by atoms with E-state index in [0.717, 1.165) is 5.76 Å². The minimum absolute atomic E-state index is 0.107. The third-order valence-corrected chi connectivity index (χ3v) is 2.39. The number of amides is 1. The number of furan rings is 2. The molecule has 84 valence electrons. The van der Waals surface area contributed by atoms with Crippen molar-refractivity contribution in [3.63, 3.8) is 0 Å². The Kier molecular flexibility index (Phi) is 3.31. The highest BCUT2D eigenvalue weighted by atomic mass is 35.5. The predicted octanol–water partition coefficient (Wildman–Crippen LogP) is 2.50. The van der Waals surface area contributed by atoms with E-state index in [1.807, 2.05) is 12.1 Å². The second-order valence-corrected chi connectivity index (χ2v) is 3.54. The van der Waals surface area contributed by atoms with Gasteiger partial charge >= 0.3 is 0 Å². The number of nitrogens with one attached hydrogen (secondary N) is 1. The van der Waals surface area contributed by atoms with Crippen LogP contribution in [0.5, 0.6) is 0 Å². The van der Waals surface area contributed by atoms with E-state index in [-0.39, 0.29) is 11.1 Å². The molecular weight excluding hydrogens is 230 g/mol. The lowest BCUT2D eigenvalue weighted by molar-refractivity contribution is 0.0953. The van der Waals surface area contributed by atoms with Gasteiger partial charge in [-0.15, -0.1) is 0 Å². The van der Waals surface area contributed by atoms with Gasteiger partial charge in [0, 0.05) is 13.0 Å². The van der Waals surface area contributed by atoms with Gasteiger partial charge in [-0.3, -0.25) is 4.79 Å². The van der Waals surface area contributed by atoms with Gasteiger partial charge in [0.15, 0.2) is 0 Å². The molecule has 0 aliphatic carbocycles. The summed E-state index contributed by atoms with van der Waals surface area (Å²) in [6, 6.07) is 5.20. The summed E-state index contributed by atoms with van der Waals surface area (Å²) >= 11 is 5.67. The number of halogens is 1. The summed E-state index contributed by atoms with van der Waals surface area (Å²) in [7, 11) is 0. The molecule has 1 N–H and O–H groups in total. The molecule has 0 aromatic carbocycles. The van der Waals surface area contributed by atoms with Crippen LogP contribution in [0.15, 0.2) is 39.6 Å². The zero-order valence-electron chi connectivity index (χ0n) is 8.40. The molecule has 4 nitrogen and oxygen atoms in total.